The highest BCUT2D eigenvalue weighted by Gasteiger charge is 2.32. The van der Waals surface area contributed by atoms with Crippen LogP contribution in [0.5, 0.6) is 23.0 Å². The van der Waals surface area contributed by atoms with Crippen LogP contribution in [0.2, 0.25) is 0 Å². The van der Waals surface area contributed by atoms with E-state index in [0.717, 1.165) is 0 Å². The third-order valence-corrected chi connectivity index (χ3v) is 4.79. The Bertz CT molecular complexity index is 933. The molecule has 30 heavy (non-hydrogen) atoms. The van der Waals surface area contributed by atoms with Crippen LogP contribution in [0.3, 0.4) is 0 Å². The maximum atomic E-state index is 12.5. The fourth-order valence-corrected chi connectivity index (χ4v) is 3.30. The van der Waals surface area contributed by atoms with E-state index in [4.69, 9.17) is 18.9 Å². The molecule has 9 nitrogen and oxygen atoms in total. The van der Waals surface area contributed by atoms with Gasteiger partial charge < -0.3 is 34.5 Å². The van der Waals surface area contributed by atoms with E-state index >= 15 is 0 Å². The number of amides is 3. The van der Waals surface area contributed by atoms with Gasteiger partial charge in [0.25, 0.3) is 0 Å². The summed E-state index contributed by atoms with van der Waals surface area (Å²) >= 11 is 0. The summed E-state index contributed by atoms with van der Waals surface area (Å²) in [6.45, 7) is 0.344. The highest BCUT2D eigenvalue weighted by atomic mass is 16.5. The molecule has 1 heterocycles. The summed E-state index contributed by atoms with van der Waals surface area (Å²) in [5, 5.41) is 5.58. The van der Waals surface area contributed by atoms with Crippen molar-refractivity contribution in [3.8, 4) is 23.0 Å². The normalized spacial score (nSPS) is 15.5. The second-order valence-corrected chi connectivity index (χ2v) is 6.61. The van der Waals surface area contributed by atoms with Crippen molar-refractivity contribution >= 4 is 23.3 Å². The van der Waals surface area contributed by atoms with Crippen LogP contribution in [0, 0.1) is 0 Å². The Morgan fingerprint density at radius 3 is 2.30 bits per heavy atom. The molecule has 0 bridgehead atoms. The lowest BCUT2D eigenvalue weighted by Gasteiger charge is -2.19. The van der Waals surface area contributed by atoms with Crippen LogP contribution in [0.4, 0.5) is 16.2 Å². The molecule has 1 aliphatic heterocycles. The Balaban J connectivity index is 1.67. The summed E-state index contributed by atoms with van der Waals surface area (Å²) in [6, 6.07) is 9.57. The molecule has 0 aromatic heterocycles. The Labute approximate surface area is 174 Å². The number of nitrogens with zero attached hydrogens (tertiary/aromatic N) is 1. The second-order valence-electron chi connectivity index (χ2n) is 6.61. The highest BCUT2D eigenvalue weighted by molar-refractivity contribution is 5.98. The van der Waals surface area contributed by atoms with Crippen molar-refractivity contribution in [2.45, 2.75) is 12.5 Å². The van der Waals surface area contributed by atoms with Gasteiger partial charge in [0.2, 0.25) is 5.91 Å². The number of methoxy groups -OCH3 is 4. The molecule has 3 amide bonds. The maximum absolute atomic E-state index is 12.5. The Kier molecular flexibility index (Phi) is 6.51. The minimum absolute atomic E-state index is 0.0912. The van der Waals surface area contributed by atoms with Gasteiger partial charge in [-0.2, -0.15) is 0 Å². The van der Waals surface area contributed by atoms with Crippen LogP contribution in [0.25, 0.3) is 0 Å². The number of urea groups is 1. The van der Waals surface area contributed by atoms with Crippen molar-refractivity contribution in [3.63, 3.8) is 0 Å². The van der Waals surface area contributed by atoms with Gasteiger partial charge in [-0.3, -0.25) is 4.79 Å². The predicted octanol–water partition coefficient (Wildman–Crippen LogP) is 2.65. The molecule has 160 valence electrons. The molecule has 2 N–H and O–H groups in total. The van der Waals surface area contributed by atoms with Crippen LogP contribution in [-0.2, 0) is 4.79 Å². The molecule has 0 aliphatic carbocycles. The Morgan fingerprint density at radius 1 is 0.933 bits per heavy atom. The van der Waals surface area contributed by atoms with Crippen LogP contribution < -0.4 is 34.5 Å². The average Bonchev–Trinajstić information content (AvgIpc) is 3.12. The van der Waals surface area contributed by atoms with Crippen molar-refractivity contribution in [2.75, 3.05) is 45.2 Å². The van der Waals surface area contributed by atoms with Gasteiger partial charge >= 0.3 is 6.03 Å². The molecular weight excluding hydrogens is 390 g/mol. The molecule has 0 radical (unpaired) electrons. The van der Waals surface area contributed by atoms with E-state index in [1.807, 2.05) is 0 Å². The first kappa shape index (κ1) is 21.1. The fourth-order valence-electron chi connectivity index (χ4n) is 3.30. The molecule has 9 heteroatoms. The largest absolute Gasteiger partial charge is 0.497 e. The molecule has 0 unspecified atom stereocenters. The van der Waals surface area contributed by atoms with Crippen LogP contribution in [-0.4, -0.2) is 53.0 Å². The number of carbonyl (C=O) groups excluding carboxylic acids is 2. The first-order valence-corrected chi connectivity index (χ1v) is 9.31. The summed E-state index contributed by atoms with van der Waals surface area (Å²) in [6.07, 6.45) is 0.191. The second kappa shape index (κ2) is 9.25. The number of rotatable bonds is 7. The highest BCUT2D eigenvalue weighted by Crippen LogP contribution is 2.33. The standard InChI is InChI=1S/C21H25N3O6/c1-27-15-6-8-17(28-2)16(11-15)23-21(26)22-13-9-20(25)24(12-13)14-5-7-18(29-3)19(10-14)30-4/h5-8,10-11,13H,9,12H2,1-4H3,(H2,22,23,26)/t13-/m1/s1. The van der Waals surface area contributed by atoms with Gasteiger partial charge in [-0.25, -0.2) is 4.79 Å². The van der Waals surface area contributed by atoms with Crippen LogP contribution >= 0.6 is 0 Å². The third-order valence-electron chi connectivity index (χ3n) is 4.79. The van der Waals surface area contributed by atoms with Crippen molar-refractivity contribution in [1.29, 1.82) is 0 Å². The molecule has 1 atom stereocenters. The van der Waals surface area contributed by atoms with Gasteiger partial charge in [0, 0.05) is 30.8 Å². The zero-order chi connectivity index (χ0) is 21.7. The lowest BCUT2D eigenvalue weighted by atomic mass is 10.2. The van der Waals surface area contributed by atoms with Crippen LogP contribution in [0.1, 0.15) is 6.42 Å². The summed E-state index contributed by atoms with van der Waals surface area (Å²) < 4.78 is 21.0. The monoisotopic (exact) mass is 415 g/mol. The summed E-state index contributed by atoms with van der Waals surface area (Å²) in [4.78, 5) is 26.6. The van der Waals surface area contributed by atoms with Gasteiger partial charge in [-0.05, 0) is 24.3 Å². The Hall–Kier alpha value is -3.62. The van der Waals surface area contributed by atoms with Crippen molar-refractivity contribution in [1.82, 2.24) is 5.32 Å². The fraction of sp³-hybridized carbons (Fsp3) is 0.333. The maximum Gasteiger partial charge on any atom is 0.319 e. The minimum Gasteiger partial charge on any atom is -0.497 e. The van der Waals surface area contributed by atoms with Gasteiger partial charge in [-0.1, -0.05) is 0 Å². The van der Waals surface area contributed by atoms with E-state index in [0.29, 0.717) is 40.9 Å². The van der Waals surface area contributed by atoms with Gasteiger partial charge in [-0.15, -0.1) is 0 Å². The number of carbonyl (C=O) groups is 2. The molecule has 1 fully saturated rings. The molecule has 1 saturated heterocycles. The molecule has 0 saturated carbocycles. The zero-order valence-electron chi connectivity index (χ0n) is 17.4. The summed E-state index contributed by atoms with van der Waals surface area (Å²) in [7, 11) is 6.14. The topological polar surface area (TPSA) is 98.4 Å². The van der Waals surface area contributed by atoms with Crippen molar-refractivity contribution < 1.29 is 28.5 Å². The molecule has 2 aromatic carbocycles. The van der Waals surface area contributed by atoms with E-state index in [9.17, 15) is 9.59 Å². The number of anilines is 2. The van der Waals surface area contributed by atoms with Crippen molar-refractivity contribution in [2.24, 2.45) is 0 Å². The zero-order valence-corrected chi connectivity index (χ0v) is 17.4. The average molecular weight is 415 g/mol. The number of nitrogens with one attached hydrogen (secondary N) is 2. The SMILES string of the molecule is COc1ccc(OC)c(NC(=O)N[C@@H]2CC(=O)N(c3ccc(OC)c(OC)c3)C2)c1. The van der Waals surface area contributed by atoms with E-state index in [1.54, 1.807) is 55.5 Å². The first-order valence-electron chi connectivity index (χ1n) is 9.31. The van der Waals surface area contributed by atoms with E-state index in [-0.39, 0.29) is 18.4 Å². The van der Waals surface area contributed by atoms with Gasteiger partial charge in [0.15, 0.2) is 11.5 Å². The number of hydrogen-bond donors (Lipinski definition) is 2. The summed E-state index contributed by atoms with van der Waals surface area (Å²) in [5.74, 6) is 2.10. The van der Waals surface area contributed by atoms with Gasteiger partial charge in [0.1, 0.15) is 11.5 Å². The molecule has 1 aliphatic rings. The number of ether oxygens (including phenoxy) is 4. The van der Waals surface area contributed by atoms with Crippen molar-refractivity contribution in [3.05, 3.63) is 36.4 Å². The number of hydrogen-bond acceptors (Lipinski definition) is 6. The minimum atomic E-state index is -0.437. The lowest BCUT2D eigenvalue weighted by molar-refractivity contribution is -0.117. The molecule has 3 rings (SSSR count). The predicted molar refractivity (Wildman–Crippen MR) is 112 cm³/mol. The molecular formula is C21H25N3O6. The third kappa shape index (κ3) is 4.51. The van der Waals surface area contributed by atoms with Gasteiger partial charge in [0.05, 0.1) is 40.2 Å². The smallest absolute Gasteiger partial charge is 0.319 e. The van der Waals surface area contributed by atoms with E-state index < -0.39 is 6.03 Å². The van der Waals surface area contributed by atoms with E-state index in [1.165, 1.54) is 14.2 Å². The first-order chi connectivity index (χ1) is 14.5. The lowest BCUT2D eigenvalue weighted by Crippen LogP contribution is -2.39. The molecule has 0 spiro atoms. The quantitative estimate of drug-likeness (QED) is 0.722. The Morgan fingerprint density at radius 2 is 1.63 bits per heavy atom. The number of benzene rings is 2. The van der Waals surface area contributed by atoms with Crippen LogP contribution in [0.15, 0.2) is 36.4 Å². The summed E-state index contributed by atoms with van der Waals surface area (Å²) in [5.41, 5.74) is 1.15. The molecule has 2 aromatic rings. The van der Waals surface area contributed by atoms with E-state index in [2.05, 4.69) is 10.6 Å².